The summed E-state index contributed by atoms with van der Waals surface area (Å²) in [4.78, 5) is 11.8. The molecular formula is C16H20BrNO2. The van der Waals surface area contributed by atoms with E-state index in [1.807, 2.05) is 6.07 Å². The second-order valence-corrected chi connectivity index (χ2v) is 6.86. The van der Waals surface area contributed by atoms with Crippen molar-refractivity contribution in [1.82, 2.24) is 0 Å². The minimum Gasteiger partial charge on any atom is -0.374 e. The summed E-state index contributed by atoms with van der Waals surface area (Å²) in [5.41, 5.74) is 3.32. The van der Waals surface area contributed by atoms with Crippen molar-refractivity contribution in [3.05, 3.63) is 29.3 Å². The van der Waals surface area contributed by atoms with Crippen LogP contribution in [-0.2, 0) is 16.0 Å². The number of rotatable bonds is 2. The second-order valence-electron chi connectivity index (χ2n) is 5.95. The normalized spacial score (nSPS) is 27.6. The fourth-order valence-electron chi connectivity index (χ4n) is 3.11. The molecule has 1 aromatic carbocycles. The van der Waals surface area contributed by atoms with Crippen LogP contribution in [-0.4, -0.2) is 18.1 Å². The molecular weight excluding hydrogens is 318 g/mol. The number of hydrogen-bond acceptors (Lipinski definition) is 2. The van der Waals surface area contributed by atoms with Crippen LogP contribution in [0.2, 0.25) is 0 Å². The molecule has 3 nitrogen and oxygen atoms in total. The van der Waals surface area contributed by atoms with Crippen LogP contribution >= 0.6 is 15.9 Å². The maximum Gasteiger partial charge on any atom is 0.224 e. The molecule has 1 fully saturated rings. The smallest absolute Gasteiger partial charge is 0.224 e. The van der Waals surface area contributed by atoms with Crippen LogP contribution in [0.25, 0.3) is 0 Å². The van der Waals surface area contributed by atoms with E-state index in [2.05, 4.69) is 40.3 Å². The molecule has 1 amide bonds. The van der Waals surface area contributed by atoms with E-state index in [0.29, 0.717) is 6.42 Å². The van der Waals surface area contributed by atoms with E-state index in [1.165, 1.54) is 11.1 Å². The van der Waals surface area contributed by atoms with Gasteiger partial charge >= 0.3 is 0 Å². The number of benzene rings is 1. The van der Waals surface area contributed by atoms with Crippen LogP contribution in [0.3, 0.4) is 0 Å². The number of carbonyl (C=O) groups is 1. The van der Waals surface area contributed by atoms with E-state index in [1.54, 1.807) is 0 Å². The van der Waals surface area contributed by atoms with Crippen LogP contribution in [0.4, 0.5) is 5.69 Å². The first kappa shape index (κ1) is 14.1. The molecule has 2 heterocycles. The molecule has 0 aromatic heterocycles. The van der Waals surface area contributed by atoms with Gasteiger partial charge in [-0.05, 0) is 49.8 Å². The van der Waals surface area contributed by atoms with Crippen LogP contribution in [0.1, 0.15) is 48.6 Å². The number of fused-ring (bicyclic) bond motifs is 1. The standard InChI is InChI=1S/C16H20BrNO2/c1-16(8-3-9-20-16)15(17)12-6-7-13-11(10-12)4-2-5-14(19)18-13/h6-7,10,15H,2-5,8-9H2,1H3,(H,18,19). The number of aryl methyl sites for hydroxylation is 1. The Morgan fingerprint density at radius 3 is 2.95 bits per heavy atom. The van der Waals surface area contributed by atoms with Crippen molar-refractivity contribution in [1.29, 1.82) is 0 Å². The molecule has 2 aliphatic heterocycles. The van der Waals surface area contributed by atoms with Gasteiger partial charge < -0.3 is 10.1 Å². The van der Waals surface area contributed by atoms with E-state index in [9.17, 15) is 4.79 Å². The SMILES string of the molecule is CC1(C(Br)c2ccc3c(c2)CCCC(=O)N3)CCCO1. The minimum atomic E-state index is -0.123. The molecule has 1 aromatic rings. The summed E-state index contributed by atoms with van der Waals surface area (Å²) < 4.78 is 5.93. The van der Waals surface area contributed by atoms with Crippen molar-refractivity contribution in [2.45, 2.75) is 49.5 Å². The molecule has 108 valence electrons. The van der Waals surface area contributed by atoms with E-state index in [-0.39, 0.29) is 16.3 Å². The third-order valence-electron chi connectivity index (χ3n) is 4.33. The van der Waals surface area contributed by atoms with Gasteiger partial charge in [0.1, 0.15) is 0 Å². The molecule has 3 rings (SSSR count). The molecule has 20 heavy (non-hydrogen) atoms. The van der Waals surface area contributed by atoms with E-state index in [0.717, 1.165) is 38.0 Å². The van der Waals surface area contributed by atoms with E-state index >= 15 is 0 Å². The lowest BCUT2D eigenvalue weighted by atomic mass is 9.92. The highest BCUT2D eigenvalue weighted by molar-refractivity contribution is 9.09. The van der Waals surface area contributed by atoms with Gasteiger partial charge in [-0.3, -0.25) is 4.79 Å². The second kappa shape index (κ2) is 5.49. The van der Waals surface area contributed by atoms with Gasteiger partial charge in [0.25, 0.3) is 0 Å². The Bertz CT molecular complexity index is 523. The number of ether oxygens (including phenoxy) is 1. The van der Waals surface area contributed by atoms with Gasteiger partial charge in [0.15, 0.2) is 0 Å². The van der Waals surface area contributed by atoms with Gasteiger partial charge in [0, 0.05) is 18.7 Å². The quantitative estimate of drug-likeness (QED) is 0.829. The maximum atomic E-state index is 11.6. The van der Waals surface area contributed by atoms with Gasteiger partial charge in [-0.15, -0.1) is 0 Å². The largest absolute Gasteiger partial charge is 0.374 e. The summed E-state index contributed by atoms with van der Waals surface area (Å²) in [6.07, 6.45) is 4.70. The molecule has 2 unspecified atom stereocenters. The number of amides is 1. The third kappa shape index (κ3) is 2.63. The number of carbonyl (C=O) groups excluding carboxylic acids is 1. The zero-order valence-electron chi connectivity index (χ0n) is 11.7. The first-order chi connectivity index (χ1) is 9.58. The van der Waals surface area contributed by atoms with Crippen LogP contribution in [0, 0.1) is 0 Å². The molecule has 4 heteroatoms. The fourth-order valence-corrected chi connectivity index (χ4v) is 3.75. The lowest BCUT2D eigenvalue weighted by molar-refractivity contribution is -0.116. The summed E-state index contributed by atoms with van der Waals surface area (Å²) in [5.74, 6) is 0.123. The fraction of sp³-hybridized carbons (Fsp3) is 0.562. The Kier molecular flexibility index (Phi) is 3.87. The monoisotopic (exact) mass is 337 g/mol. The first-order valence-electron chi connectivity index (χ1n) is 7.29. The van der Waals surface area contributed by atoms with Gasteiger partial charge in [0.2, 0.25) is 5.91 Å². The molecule has 0 bridgehead atoms. The summed E-state index contributed by atoms with van der Waals surface area (Å²) in [5, 5.41) is 2.98. The molecule has 0 spiro atoms. The van der Waals surface area contributed by atoms with Crippen LogP contribution in [0.5, 0.6) is 0 Å². The maximum absolute atomic E-state index is 11.6. The molecule has 0 aliphatic carbocycles. The van der Waals surface area contributed by atoms with Gasteiger partial charge in [0.05, 0.1) is 10.4 Å². The van der Waals surface area contributed by atoms with Crippen molar-refractivity contribution >= 4 is 27.5 Å². The molecule has 0 radical (unpaired) electrons. The predicted octanol–water partition coefficient (Wildman–Crippen LogP) is 3.97. The van der Waals surface area contributed by atoms with Crippen LogP contribution < -0.4 is 5.32 Å². The lowest BCUT2D eigenvalue weighted by Crippen LogP contribution is -2.28. The average Bonchev–Trinajstić information content (AvgIpc) is 2.79. The number of alkyl halides is 1. The number of anilines is 1. The summed E-state index contributed by atoms with van der Waals surface area (Å²) in [6, 6.07) is 6.34. The molecule has 1 saturated heterocycles. The van der Waals surface area contributed by atoms with Crippen LogP contribution in [0.15, 0.2) is 18.2 Å². The van der Waals surface area contributed by atoms with E-state index < -0.39 is 0 Å². The number of hydrogen-bond donors (Lipinski definition) is 1. The van der Waals surface area contributed by atoms with Gasteiger partial charge in [-0.25, -0.2) is 0 Å². The molecule has 2 aliphatic rings. The number of halogens is 1. The van der Waals surface area contributed by atoms with Crippen molar-refractivity contribution < 1.29 is 9.53 Å². The zero-order chi connectivity index (χ0) is 14.2. The Labute approximate surface area is 128 Å². The summed E-state index contributed by atoms with van der Waals surface area (Å²) in [7, 11) is 0. The Hall–Kier alpha value is -0.870. The highest BCUT2D eigenvalue weighted by Gasteiger charge is 2.38. The topological polar surface area (TPSA) is 38.3 Å². The number of nitrogens with one attached hydrogen (secondary N) is 1. The van der Waals surface area contributed by atoms with Gasteiger partial charge in [-0.1, -0.05) is 28.1 Å². The van der Waals surface area contributed by atoms with Crippen molar-refractivity contribution in [2.75, 3.05) is 11.9 Å². The Morgan fingerprint density at radius 1 is 1.35 bits per heavy atom. The lowest BCUT2D eigenvalue weighted by Gasteiger charge is -2.30. The summed E-state index contributed by atoms with van der Waals surface area (Å²) >= 11 is 3.82. The van der Waals surface area contributed by atoms with Crippen molar-refractivity contribution in [3.8, 4) is 0 Å². The highest BCUT2D eigenvalue weighted by atomic mass is 79.9. The van der Waals surface area contributed by atoms with Crippen molar-refractivity contribution in [3.63, 3.8) is 0 Å². The predicted molar refractivity (Wildman–Crippen MR) is 83.3 cm³/mol. The Balaban J connectivity index is 1.88. The van der Waals surface area contributed by atoms with E-state index in [4.69, 9.17) is 4.74 Å². The van der Waals surface area contributed by atoms with Crippen molar-refractivity contribution in [2.24, 2.45) is 0 Å². The molecule has 1 N–H and O–H groups in total. The molecule has 2 atom stereocenters. The average molecular weight is 338 g/mol. The molecule has 0 saturated carbocycles. The van der Waals surface area contributed by atoms with Gasteiger partial charge in [-0.2, -0.15) is 0 Å². The highest BCUT2D eigenvalue weighted by Crippen LogP contribution is 2.43. The Morgan fingerprint density at radius 2 is 2.20 bits per heavy atom. The minimum absolute atomic E-state index is 0.123. The summed E-state index contributed by atoms with van der Waals surface area (Å²) in [6.45, 7) is 3.02. The third-order valence-corrected chi connectivity index (χ3v) is 5.83. The zero-order valence-corrected chi connectivity index (χ0v) is 13.3. The first-order valence-corrected chi connectivity index (χ1v) is 8.21.